The van der Waals surface area contributed by atoms with Gasteiger partial charge in [-0.3, -0.25) is 20.2 Å². The van der Waals surface area contributed by atoms with E-state index in [0.717, 1.165) is 5.56 Å². The van der Waals surface area contributed by atoms with Crippen LogP contribution in [0.3, 0.4) is 0 Å². The number of aryl methyl sites for hydroxylation is 1. The molecule has 3 N–H and O–H groups in total. The fourth-order valence-corrected chi connectivity index (χ4v) is 3.86. The second kappa shape index (κ2) is 9.55. The van der Waals surface area contributed by atoms with Crippen molar-refractivity contribution in [3.63, 3.8) is 0 Å². The first-order chi connectivity index (χ1) is 17.8. The van der Waals surface area contributed by atoms with Gasteiger partial charge < -0.3 is 19.3 Å². The van der Waals surface area contributed by atoms with Crippen LogP contribution in [0.1, 0.15) is 16.1 Å². The zero-order valence-corrected chi connectivity index (χ0v) is 20.0. The number of amides is 1. The molecule has 0 atom stereocenters. The number of furan rings is 1. The van der Waals surface area contributed by atoms with Crippen LogP contribution in [0.15, 0.2) is 81.6 Å². The monoisotopic (exact) mass is 514 g/mol. The number of phenols is 1. The number of rotatable bonds is 5. The number of anilines is 1. The number of nitro groups is 1. The number of benzene rings is 3. The van der Waals surface area contributed by atoms with Gasteiger partial charge in [0.05, 0.1) is 10.5 Å². The summed E-state index contributed by atoms with van der Waals surface area (Å²) >= 11 is 5.26. The van der Waals surface area contributed by atoms with Crippen molar-refractivity contribution in [2.75, 3.05) is 5.32 Å². The molecule has 10 nitrogen and oxygen atoms in total. The van der Waals surface area contributed by atoms with E-state index in [1.54, 1.807) is 24.3 Å². The number of nitrogens with zero attached hydrogens (tertiary/aromatic N) is 2. The van der Waals surface area contributed by atoms with Crippen molar-refractivity contribution >= 4 is 45.7 Å². The normalized spacial score (nSPS) is 10.8. The number of aromatic nitrogens is 1. The highest BCUT2D eigenvalue weighted by Crippen LogP contribution is 2.33. The Morgan fingerprint density at radius 1 is 1.05 bits per heavy atom. The van der Waals surface area contributed by atoms with Gasteiger partial charge in [0.25, 0.3) is 11.6 Å². The van der Waals surface area contributed by atoms with Gasteiger partial charge in [-0.1, -0.05) is 18.2 Å². The molecule has 1 amide bonds. The van der Waals surface area contributed by atoms with Gasteiger partial charge in [-0.05, 0) is 67.2 Å². The Kier molecular flexibility index (Phi) is 6.12. The Balaban J connectivity index is 1.29. The molecule has 2 aromatic heterocycles. The SMILES string of the molecule is Cc1ccc2oc(-c3cc(NC(=S)NC(=O)c4ccc(-c5cccc([N+](=O)[O-])c5)o4)ccc3O)nc2c1. The summed E-state index contributed by atoms with van der Waals surface area (Å²) in [7, 11) is 0. The minimum absolute atomic E-state index is 0.0110. The Labute approximate surface area is 214 Å². The zero-order valence-electron chi connectivity index (χ0n) is 19.2. The Bertz CT molecular complexity index is 1690. The molecule has 0 unspecified atom stereocenters. The van der Waals surface area contributed by atoms with Crippen LogP contribution in [-0.2, 0) is 0 Å². The highest BCUT2D eigenvalue weighted by atomic mass is 32.1. The topological polar surface area (TPSA) is 144 Å². The van der Waals surface area contributed by atoms with Crippen molar-refractivity contribution in [3.8, 4) is 28.5 Å². The maximum absolute atomic E-state index is 12.6. The molecule has 0 radical (unpaired) electrons. The van der Waals surface area contributed by atoms with Crippen molar-refractivity contribution in [2.45, 2.75) is 6.92 Å². The molecule has 0 aliphatic rings. The summed E-state index contributed by atoms with van der Waals surface area (Å²) in [5.41, 5.74) is 3.48. The summed E-state index contributed by atoms with van der Waals surface area (Å²) in [6.45, 7) is 1.95. The highest BCUT2D eigenvalue weighted by Gasteiger charge is 2.17. The summed E-state index contributed by atoms with van der Waals surface area (Å²) in [4.78, 5) is 27.6. The molecule has 0 saturated heterocycles. The average Bonchev–Trinajstić information content (AvgIpc) is 3.52. The lowest BCUT2D eigenvalue weighted by Gasteiger charge is -2.10. The van der Waals surface area contributed by atoms with E-state index in [4.69, 9.17) is 21.1 Å². The zero-order chi connectivity index (χ0) is 26.1. The van der Waals surface area contributed by atoms with Crippen molar-refractivity contribution in [2.24, 2.45) is 0 Å². The molecular formula is C26H18N4O6S. The van der Waals surface area contributed by atoms with Gasteiger partial charge in [-0.2, -0.15) is 0 Å². The van der Waals surface area contributed by atoms with Crippen LogP contribution < -0.4 is 10.6 Å². The molecule has 5 rings (SSSR count). The van der Waals surface area contributed by atoms with Gasteiger partial charge in [0.15, 0.2) is 16.5 Å². The lowest BCUT2D eigenvalue weighted by molar-refractivity contribution is -0.384. The van der Waals surface area contributed by atoms with Crippen LogP contribution in [-0.4, -0.2) is 26.0 Å². The van der Waals surface area contributed by atoms with Crippen LogP contribution in [0.25, 0.3) is 33.9 Å². The van der Waals surface area contributed by atoms with Crippen molar-refractivity contribution in [1.29, 1.82) is 0 Å². The number of hydrogen-bond acceptors (Lipinski definition) is 8. The van der Waals surface area contributed by atoms with E-state index in [-0.39, 0.29) is 28.2 Å². The summed E-state index contributed by atoms with van der Waals surface area (Å²) in [5, 5.41) is 26.8. The lowest BCUT2D eigenvalue weighted by Crippen LogP contribution is -2.33. The van der Waals surface area contributed by atoms with Crippen LogP contribution in [0.5, 0.6) is 5.75 Å². The molecule has 0 fully saturated rings. The third-order valence-electron chi connectivity index (χ3n) is 5.43. The molecule has 11 heteroatoms. The van der Waals surface area contributed by atoms with Gasteiger partial charge in [-0.15, -0.1) is 0 Å². The van der Waals surface area contributed by atoms with E-state index >= 15 is 0 Å². The predicted molar refractivity (Wildman–Crippen MR) is 140 cm³/mol. The largest absolute Gasteiger partial charge is 0.507 e. The van der Waals surface area contributed by atoms with E-state index in [9.17, 15) is 20.0 Å². The molecule has 0 aliphatic heterocycles. The van der Waals surface area contributed by atoms with Crippen molar-refractivity contribution < 1.29 is 23.7 Å². The molecular weight excluding hydrogens is 496 g/mol. The fraction of sp³-hybridized carbons (Fsp3) is 0.0385. The van der Waals surface area contributed by atoms with E-state index in [1.807, 2.05) is 25.1 Å². The van der Waals surface area contributed by atoms with Gasteiger partial charge in [0.1, 0.15) is 17.0 Å². The second-order valence-electron chi connectivity index (χ2n) is 8.10. The summed E-state index contributed by atoms with van der Waals surface area (Å²) in [6, 6.07) is 19.1. The predicted octanol–water partition coefficient (Wildman–Crippen LogP) is 5.80. The number of fused-ring (bicyclic) bond motifs is 1. The molecule has 184 valence electrons. The fourth-order valence-electron chi connectivity index (χ4n) is 3.65. The number of nitrogens with one attached hydrogen (secondary N) is 2. The molecule has 0 bridgehead atoms. The average molecular weight is 515 g/mol. The number of thiocarbonyl (C=S) groups is 1. The number of carbonyl (C=O) groups is 1. The van der Waals surface area contributed by atoms with Crippen LogP contribution in [0.2, 0.25) is 0 Å². The van der Waals surface area contributed by atoms with Gasteiger partial charge in [0.2, 0.25) is 5.89 Å². The molecule has 0 saturated carbocycles. The number of phenolic OH excluding ortho intramolecular Hbond substituents is 1. The minimum atomic E-state index is -0.609. The standard InChI is InChI=1S/C26H18N4O6S/c1-14-5-8-22-19(11-14)28-25(36-22)18-13-16(6-7-20(18)31)27-26(37)29-24(32)23-10-9-21(35-23)15-3-2-4-17(12-15)30(33)34/h2-13,31H,1H3,(H2,27,29,32,37). The third kappa shape index (κ3) is 5.02. The number of aromatic hydroxyl groups is 1. The smallest absolute Gasteiger partial charge is 0.293 e. The van der Waals surface area contributed by atoms with Crippen LogP contribution >= 0.6 is 12.2 Å². The number of carbonyl (C=O) groups excluding carboxylic acids is 1. The highest BCUT2D eigenvalue weighted by molar-refractivity contribution is 7.80. The van der Waals surface area contributed by atoms with Gasteiger partial charge >= 0.3 is 0 Å². The van der Waals surface area contributed by atoms with E-state index in [2.05, 4.69) is 15.6 Å². The summed E-state index contributed by atoms with van der Waals surface area (Å²) in [6.07, 6.45) is 0. The molecule has 0 spiro atoms. The lowest BCUT2D eigenvalue weighted by atomic mass is 10.1. The van der Waals surface area contributed by atoms with Crippen molar-refractivity contribution in [3.05, 3.63) is 94.2 Å². The van der Waals surface area contributed by atoms with Gasteiger partial charge in [-0.25, -0.2) is 4.98 Å². The number of hydrogen-bond donors (Lipinski definition) is 3. The quantitative estimate of drug-likeness (QED) is 0.115. The van der Waals surface area contributed by atoms with Crippen LogP contribution in [0.4, 0.5) is 11.4 Å². The van der Waals surface area contributed by atoms with E-state index in [1.165, 1.54) is 30.3 Å². The molecule has 3 aromatic carbocycles. The maximum Gasteiger partial charge on any atom is 0.293 e. The molecule has 5 aromatic rings. The molecule has 2 heterocycles. The first-order valence-corrected chi connectivity index (χ1v) is 11.4. The first-order valence-electron chi connectivity index (χ1n) is 10.9. The maximum atomic E-state index is 12.6. The summed E-state index contributed by atoms with van der Waals surface area (Å²) < 4.78 is 11.4. The number of non-ortho nitro benzene ring substituents is 1. The molecule has 0 aliphatic carbocycles. The minimum Gasteiger partial charge on any atom is -0.507 e. The number of oxazole rings is 1. The van der Waals surface area contributed by atoms with E-state index in [0.29, 0.717) is 33.7 Å². The van der Waals surface area contributed by atoms with Crippen LogP contribution in [0, 0.1) is 17.0 Å². The Morgan fingerprint density at radius 3 is 2.70 bits per heavy atom. The van der Waals surface area contributed by atoms with Crippen molar-refractivity contribution in [1.82, 2.24) is 10.3 Å². The second-order valence-corrected chi connectivity index (χ2v) is 8.51. The molecule has 37 heavy (non-hydrogen) atoms. The Hall–Kier alpha value is -5.03. The summed E-state index contributed by atoms with van der Waals surface area (Å²) in [5.74, 6) is -0.139. The Morgan fingerprint density at radius 2 is 1.89 bits per heavy atom. The number of nitro benzene ring substituents is 1. The first kappa shape index (κ1) is 23.7. The third-order valence-corrected chi connectivity index (χ3v) is 5.63. The van der Waals surface area contributed by atoms with E-state index < -0.39 is 10.8 Å². The van der Waals surface area contributed by atoms with Gasteiger partial charge in [0, 0.05) is 23.4 Å².